The summed E-state index contributed by atoms with van der Waals surface area (Å²) in [5.74, 6) is 6.77. The average Bonchev–Trinajstić information content (AvgIpc) is 3.61. The molecule has 2 heterocycles. The van der Waals surface area contributed by atoms with Crippen LogP contribution in [0, 0.1) is 17.7 Å². The number of epoxide rings is 1. The first-order valence-electron chi connectivity index (χ1n) is 11.3. The SMILES string of the molecule is NC1(c2ccccc2C#CC23CCC4=Cc5c(ccn5-c5ccc(F)cc5)CC42O3)CC1. The Labute approximate surface area is 186 Å². The standard InChI is InChI=1S/C28H23FN2O/c29-22-5-7-23(8-6-22)31-16-11-20-18-28-21(17-25(20)31)10-13-27(28,32-28)12-9-19-3-1-2-4-24(19)26(30)14-15-26/h1-8,11,16-17H,10,13-15,18,30H2. The van der Waals surface area contributed by atoms with E-state index in [4.69, 9.17) is 10.5 Å². The van der Waals surface area contributed by atoms with Gasteiger partial charge in [0.25, 0.3) is 0 Å². The smallest absolute Gasteiger partial charge is 0.163 e. The predicted octanol–water partition coefficient (Wildman–Crippen LogP) is 4.86. The average molecular weight is 423 g/mol. The summed E-state index contributed by atoms with van der Waals surface area (Å²) >= 11 is 0. The lowest BCUT2D eigenvalue weighted by molar-refractivity contribution is 0.271. The number of hydrogen-bond acceptors (Lipinski definition) is 2. The van der Waals surface area contributed by atoms with Gasteiger partial charge in [0.1, 0.15) is 11.4 Å². The highest BCUT2D eigenvalue weighted by Crippen LogP contribution is 2.65. The van der Waals surface area contributed by atoms with Crippen LogP contribution in [0.1, 0.15) is 48.1 Å². The minimum Gasteiger partial charge on any atom is -0.344 e. The number of nitrogens with two attached hydrogens (primary N) is 1. The fourth-order valence-electron chi connectivity index (χ4n) is 5.69. The molecule has 1 aromatic heterocycles. The number of rotatable bonds is 2. The number of benzene rings is 2. The Morgan fingerprint density at radius 1 is 1.00 bits per heavy atom. The maximum Gasteiger partial charge on any atom is 0.163 e. The third-order valence-electron chi connectivity index (χ3n) is 7.74. The molecule has 3 fully saturated rings. The molecule has 2 atom stereocenters. The lowest BCUT2D eigenvalue weighted by Crippen LogP contribution is -2.26. The van der Waals surface area contributed by atoms with Crippen molar-refractivity contribution in [2.45, 2.75) is 48.8 Å². The molecule has 1 spiro atoms. The minimum atomic E-state index is -0.396. The number of hydrogen-bond donors (Lipinski definition) is 1. The lowest BCUT2D eigenvalue weighted by Gasteiger charge is -2.20. The first-order valence-corrected chi connectivity index (χ1v) is 11.3. The largest absolute Gasteiger partial charge is 0.344 e. The Kier molecular flexibility index (Phi) is 3.46. The van der Waals surface area contributed by atoms with Gasteiger partial charge in [-0.15, -0.1) is 0 Å². The van der Waals surface area contributed by atoms with Gasteiger partial charge in [-0.3, -0.25) is 0 Å². The monoisotopic (exact) mass is 422 g/mol. The Balaban J connectivity index is 1.23. The highest BCUT2D eigenvalue weighted by molar-refractivity contribution is 5.69. The summed E-state index contributed by atoms with van der Waals surface area (Å²) in [5.41, 5.74) is 12.5. The van der Waals surface area contributed by atoms with Crippen LogP contribution >= 0.6 is 0 Å². The van der Waals surface area contributed by atoms with E-state index in [0.717, 1.165) is 48.9 Å². The predicted molar refractivity (Wildman–Crippen MR) is 122 cm³/mol. The third-order valence-corrected chi connectivity index (χ3v) is 7.74. The van der Waals surface area contributed by atoms with Crippen LogP contribution < -0.4 is 5.73 Å². The van der Waals surface area contributed by atoms with Crippen molar-refractivity contribution in [1.29, 1.82) is 0 Å². The lowest BCUT2D eigenvalue weighted by atomic mass is 9.83. The van der Waals surface area contributed by atoms with Crippen LogP contribution in [0.25, 0.3) is 11.8 Å². The molecule has 0 bridgehead atoms. The highest BCUT2D eigenvalue weighted by atomic mass is 19.1. The number of halogens is 1. The van der Waals surface area contributed by atoms with Gasteiger partial charge in [-0.25, -0.2) is 4.39 Å². The normalized spacial score (nSPS) is 28.0. The molecule has 3 nitrogen and oxygen atoms in total. The Morgan fingerprint density at radius 2 is 1.81 bits per heavy atom. The van der Waals surface area contributed by atoms with Crippen LogP contribution in [-0.4, -0.2) is 15.8 Å². The van der Waals surface area contributed by atoms with Crippen molar-refractivity contribution in [3.63, 3.8) is 0 Å². The number of nitrogens with zero attached hydrogens (tertiary/aromatic N) is 1. The van der Waals surface area contributed by atoms with E-state index < -0.39 is 5.60 Å². The molecule has 0 amide bonds. The second-order valence-electron chi connectivity index (χ2n) is 9.63. The van der Waals surface area contributed by atoms with Crippen LogP contribution in [0.2, 0.25) is 0 Å². The Bertz CT molecular complexity index is 1370. The molecule has 2 saturated carbocycles. The fraction of sp³-hybridized carbons (Fsp3) is 0.286. The van der Waals surface area contributed by atoms with Crippen LogP contribution in [0.5, 0.6) is 0 Å². The highest BCUT2D eigenvalue weighted by Gasteiger charge is 2.75. The fourth-order valence-corrected chi connectivity index (χ4v) is 5.69. The summed E-state index contributed by atoms with van der Waals surface area (Å²) in [7, 11) is 0. The van der Waals surface area contributed by atoms with Gasteiger partial charge in [0.15, 0.2) is 5.60 Å². The van der Waals surface area contributed by atoms with Crippen molar-refractivity contribution in [3.8, 4) is 17.5 Å². The van der Waals surface area contributed by atoms with E-state index in [1.54, 1.807) is 0 Å². The quantitative estimate of drug-likeness (QED) is 0.474. The molecule has 32 heavy (non-hydrogen) atoms. The van der Waals surface area contributed by atoms with Gasteiger partial charge in [-0.05, 0) is 84.9 Å². The van der Waals surface area contributed by atoms with E-state index >= 15 is 0 Å². The van der Waals surface area contributed by atoms with Crippen molar-refractivity contribution in [1.82, 2.24) is 4.57 Å². The van der Waals surface area contributed by atoms with Gasteiger partial charge in [-0.2, -0.15) is 0 Å². The van der Waals surface area contributed by atoms with Gasteiger partial charge in [0.2, 0.25) is 0 Å². The van der Waals surface area contributed by atoms with Gasteiger partial charge in [0, 0.05) is 35.1 Å². The maximum atomic E-state index is 13.4. The number of aromatic nitrogens is 1. The van der Waals surface area contributed by atoms with Gasteiger partial charge < -0.3 is 15.0 Å². The van der Waals surface area contributed by atoms with Gasteiger partial charge >= 0.3 is 0 Å². The zero-order valence-electron chi connectivity index (χ0n) is 17.7. The zero-order chi connectivity index (χ0) is 21.6. The second-order valence-corrected chi connectivity index (χ2v) is 9.63. The van der Waals surface area contributed by atoms with Gasteiger partial charge in [-0.1, -0.05) is 30.0 Å². The van der Waals surface area contributed by atoms with Crippen LogP contribution in [0.15, 0.2) is 66.4 Å². The topological polar surface area (TPSA) is 43.5 Å². The molecular weight excluding hydrogens is 399 g/mol. The van der Waals surface area contributed by atoms with Crippen molar-refractivity contribution in [3.05, 3.63) is 94.6 Å². The maximum absolute atomic E-state index is 13.4. The van der Waals surface area contributed by atoms with Crippen molar-refractivity contribution >= 4 is 6.08 Å². The molecule has 7 rings (SSSR count). The minimum absolute atomic E-state index is 0.200. The van der Waals surface area contributed by atoms with E-state index in [1.807, 2.05) is 24.3 Å². The zero-order valence-corrected chi connectivity index (χ0v) is 17.7. The molecule has 2 N–H and O–H groups in total. The summed E-state index contributed by atoms with van der Waals surface area (Å²) in [6, 6.07) is 17.1. The molecule has 1 saturated heterocycles. The third kappa shape index (κ3) is 2.44. The van der Waals surface area contributed by atoms with Crippen LogP contribution in [-0.2, 0) is 16.7 Å². The summed E-state index contributed by atoms with van der Waals surface area (Å²) in [5, 5.41) is 0. The summed E-state index contributed by atoms with van der Waals surface area (Å²) in [4.78, 5) is 0. The first kappa shape index (κ1) is 18.4. The van der Waals surface area contributed by atoms with Crippen molar-refractivity contribution < 1.29 is 9.13 Å². The second kappa shape index (κ2) is 6.01. The van der Waals surface area contributed by atoms with E-state index in [-0.39, 0.29) is 17.0 Å². The van der Waals surface area contributed by atoms with Crippen molar-refractivity contribution in [2.75, 3.05) is 0 Å². The van der Waals surface area contributed by atoms with E-state index in [1.165, 1.54) is 29.0 Å². The number of fused-ring (bicyclic) bond motifs is 1. The first-order chi connectivity index (χ1) is 15.5. The van der Waals surface area contributed by atoms with Crippen LogP contribution in [0.4, 0.5) is 4.39 Å². The molecule has 3 aromatic rings. The molecule has 2 unspecified atom stereocenters. The molecule has 4 heteroatoms. The number of ether oxygens (including phenoxy) is 1. The molecule has 2 aromatic carbocycles. The Hall–Kier alpha value is -3.13. The summed E-state index contributed by atoms with van der Waals surface area (Å²) in [6.45, 7) is 0. The van der Waals surface area contributed by atoms with E-state index in [2.05, 4.69) is 46.9 Å². The summed E-state index contributed by atoms with van der Waals surface area (Å²) in [6.07, 6.45) is 9.13. The molecule has 1 aliphatic heterocycles. The van der Waals surface area contributed by atoms with Crippen molar-refractivity contribution in [2.24, 2.45) is 5.73 Å². The van der Waals surface area contributed by atoms with E-state index in [9.17, 15) is 4.39 Å². The molecule has 4 aliphatic rings. The molecule has 0 radical (unpaired) electrons. The van der Waals surface area contributed by atoms with E-state index in [0.29, 0.717) is 0 Å². The van der Waals surface area contributed by atoms with Crippen LogP contribution in [0.3, 0.4) is 0 Å². The van der Waals surface area contributed by atoms with Gasteiger partial charge in [0.05, 0.1) is 0 Å². The molecular formula is C28H23FN2O. The molecule has 158 valence electrons. The Morgan fingerprint density at radius 3 is 2.62 bits per heavy atom. The molecule has 3 aliphatic carbocycles. The summed E-state index contributed by atoms with van der Waals surface area (Å²) < 4.78 is 22.0.